The molecule has 6 nitrogen and oxygen atoms in total. The molecule has 1 N–H and O–H groups in total. The molecule has 2 aromatic carbocycles. The number of carbonyl (C=O) groups is 1. The van der Waals surface area contributed by atoms with E-state index >= 15 is 0 Å². The summed E-state index contributed by atoms with van der Waals surface area (Å²) in [5.74, 6) is 0.102. The third kappa shape index (κ3) is 4.14. The van der Waals surface area contributed by atoms with Crippen molar-refractivity contribution in [1.82, 2.24) is 0 Å². The zero-order valence-electron chi connectivity index (χ0n) is 14.4. The quantitative estimate of drug-likeness (QED) is 0.620. The molecule has 7 heteroatoms. The molecule has 0 aromatic heterocycles. The lowest BCUT2D eigenvalue weighted by Gasteiger charge is -2.32. The van der Waals surface area contributed by atoms with Gasteiger partial charge in [-0.2, -0.15) is 0 Å². The van der Waals surface area contributed by atoms with Gasteiger partial charge in [0.05, 0.1) is 4.92 Å². The standard InChI is InChI=1S/C19H20ClN3O3/c1-13-3-2-10-22(12-13)17-9-4-14(11-18(17)23(25)26)19(24)21-16-7-5-15(20)6-8-16/h4-9,11,13H,2-3,10,12H2,1H3,(H,21,24). The van der Waals surface area contributed by atoms with Crippen LogP contribution in [0.25, 0.3) is 0 Å². The Kier molecular flexibility index (Phi) is 5.42. The fourth-order valence-electron chi connectivity index (χ4n) is 3.22. The van der Waals surface area contributed by atoms with Gasteiger partial charge in [-0.15, -0.1) is 0 Å². The molecule has 0 bridgehead atoms. The summed E-state index contributed by atoms with van der Waals surface area (Å²) in [6, 6.07) is 11.3. The average molecular weight is 374 g/mol. The smallest absolute Gasteiger partial charge is 0.293 e. The Balaban J connectivity index is 1.84. The van der Waals surface area contributed by atoms with E-state index in [-0.39, 0.29) is 11.3 Å². The molecule has 1 saturated heterocycles. The number of rotatable bonds is 4. The van der Waals surface area contributed by atoms with Gasteiger partial charge in [0, 0.05) is 35.4 Å². The molecule has 1 aliphatic rings. The molecule has 0 aliphatic carbocycles. The van der Waals surface area contributed by atoms with Gasteiger partial charge in [0.2, 0.25) is 0 Å². The first-order chi connectivity index (χ1) is 12.4. The molecule has 136 valence electrons. The van der Waals surface area contributed by atoms with Gasteiger partial charge < -0.3 is 10.2 Å². The number of hydrogen-bond donors (Lipinski definition) is 1. The number of nitro benzene ring substituents is 1. The molecule has 1 amide bonds. The number of benzene rings is 2. The van der Waals surface area contributed by atoms with Crippen molar-refractivity contribution in [1.29, 1.82) is 0 Å². The van der Waals surface area contributed by atoms with Gasteiger partial charge in [-0.1, -0.05) is 18.5 Å². The molecule has 26 heavy (non-hydrogen) atoms. The van der Waals surface area contributed by atoms with Gasteiger partial charge >= 0.3 is 0 Å². The first-order valence-corrected chi connectivity index (χ1v) is 8.92. The SMILES string of the molecule is CC1CCCN(c2ccc(C(=O)Nc3ccc(Cl)cc3)cc2[N+](=O)[O-])C1. The van der Waals surface area contributed by atoms with Crippen molar-refractivity contribution in [2.75, 3.05) is 23.3 Å². The van der Waals surface area contributed by atoms with E-state index in [0.717, 1.165) is 25.9 Å². The fourth-order valence-corrected chi connectivity index (χ4v) is 3.35. The van der Waals surface area contributed by atoms with E-state index < -0.39 is 10.8 Å². The van der Waals surface area contributed by atoms with Crippen LogP contribution in [0.4, 0.5) is 17.1 Å². The third-order valence-electron chi connectivity index (χ3n) is 4.53. The van der Waals surface area contributed by atoms with Crippen LogP contribution >= 0.6 is 11.6 Å². The van der Waals surface area contributed by atoms with Crippen molar-refractivity contribution in [3.8, 4) is 0 Å². The lowest BCUT2D eigenvalue weighted by atomic mass is 9.99. The highest BCUT2D eigenvalue weighted by Gasteiger charge is 2.25. The fraction of sp³-hybridized carbons (Fsp3) is 0.316. The summed E-state index contributed by atoms with van der Waals surface area (Å²) in [5.41, 5.74) is 1.36. The van der Waals surface area contributed by atoms with Crippen molar-refractivity contribution >= 4 is 34.6 Å². The van der Waals surface area contributed by atoms with Crippen LogP contribution in [0.2, 0.25) is 5.02 Å². The Morgan fingerprint density at radius 2 is 2.00 bits per heavy atom. The van der Waals surface area contributed by atoms with Crippen LogP contribution in [0, 0.1) is 16.0 Å². The van der Waals surface area contributed by atoms with E-state index in [1.165, 1.54) is 6.07 Å². The van der Waals surface area contributed by atoms with Crippen molar-refractivity contribution in [2.24, 2.45) is 5.92 Å². The van der Waals surface area contributed by atoms with Crippen LogP contribution in [0.5, 0.6) is 0 Å². The van der Waals surface area contributed by atoms with Crippen molar-refractivity contribution in [3.05, 3.63) is 63.2 Å². The van der Waals surface area contributed by atoms with Crippen LogP contribution in [-0.2, 0) is 0 Å². The Labute approximate surface area is 156 Å². The second-order valence-electron chi connectivity index (χ2n) is 6.62. The second-order valence-corrected chi connectivity index (χ2v) is 7.05. The molecule has 1 atom stereocenters. The molecule has 3 rings (SSSR count). The number of amides is 1. The largest absolute Gasteiger partial charge is 0.366 e. The highest BCUT2D eigenvalue weighted by Crippen LogP contribution is 2.32. The Hall–Kier alpha value is -2.60. The van der Waals surface area contributed by atoms with E-state index in [0.29, 0.717) is 22.3 Å². The maximum absolute atomic E-state index is 12.4. The Bertz CT molecular complexity index is 823. The molecule has 1 fully saturated rings. The summed E-state index contributed by atoms with van der Waals surface area (Å²) in [6.07, 6.45) is 2.14. The predicted octanol–water partition coefficient (Wildman–Crippen LogP) is 4.74. The molecule has 2 aromatic rings. The summed E-state index contributed by atoms with van der Waals surface area (Å²) >= 11 is 5.83. The molecule has 1 unspecified atom stereocenters. The number of halogens is 1. The minimum atomic E-state index is -0.423. The Morgan fingerprint density at radius 1 is 1.27 bits per heavy atom. The Morgan fingerprint density at radius 3 is 2.65 bits per heavy atom. The summed E-state index contributed by atoms with van der Waals surface area (Å²) in [6.45, 7) is 3.73. The minimum absolute atomic E-state index is 0.0390. The van der Waals surface area contributed by atoms with Gasteiger partial charge in [0.15, 0.2) is 0 Å². The van der Waals surface area contributed by atoms with Crippen LogP contribution in [0.3, 0.4) is 0 Å². The molecule has 1 aliphatic heterocycles. The lowest BCUT2D eigenvalue weighted by Crippen LogP contribution is -2.34. The highest BCUT2D eigenvalue weighted by atomic mass is 35.5. The first kappa shape index (κ1) is 18.2. The topological polar surface area (TPSA) is 75.5 Å². The number of anilines is 2. The summed E-state index contributed by atoms with van der Waals surface area (Å²) in [7, 11) is 0. The van der Waals surface area contributed by atoms with Gasteiger partial charge in [0.1, 0.15) is 5.69 Å². The van der Waals surface area contributed by atoms with E-state index in [1.54, 1.807) is 36.4 Å². The molecule has 0 radical (unpaired) electrons. The van der Waals surface area contributed by atoms with Crippen LogP contribution in [0.1, 0.15) is 30.1 Å². The number of nitro groups is 1. The molecular weight excluding hydrogens is 354 g/mol. The molecular formula is C19H20ClN3O3. The number of nitrogens with one attached hydrogen (secondary N) is 1. The monoisotopic (exact) mass is 373 g/mol. The summed E-state index contributed by atoms with van der Waals surface area (Å²) < 4.78 is 0. The van der Waals surface area contributed by atoms with Crippen LogP contribution in [0.15, 0.2) is 42.5 Å². The van der Waals surface area contributed by atoms with Crippen LogP contribution < -0.4 is 10.2 Å². The van der Waals surface area contributed by atoms with E-state index in [9.17, 15) is 14.9 Å². The van der Waals surface area contributed by atoms with Gasteiger partial charge in [0.25, 0.3) is 11.6 Å². The number of carbonyl (C=O) groups excluding carboxylic acids is 1. The molecule has 0 saturated carbocycles. The summed E-state index contributed by atoms with van der Waals surface area (Å²) in [4.78, 5) is 25.6. The maximum atomic E-state index is 12.4. The maximum Gasteiger partial charge on any atom is 0.293 e. The van der Waals surface area contributed by atoms with Crippen molar-refractivity contribution in [3.63, 3.8) is 0 Å². The van der Waals surface area contributed by atoms with Crippen LogP contribution in [-0.4, -0.2) is 23.9 Å². The zero-order valence-corrected chi connectivity index (χ0v) is 15.2. The van der Waals surface area contributed by atoms with E-state index in [4.69, 9.17) is 11.6 Å². The van der Waals surface area contributed by atoms with E-state index in [1.807, 2.05) is 4.90 Å². The number of hydrogen-bond acceptors (Lipinski definition) is 4. The third-order valence-corrected chi connectivity index (χ3v) is 4.79. The van der Waals surface area contributed by atoms with Crippen molar-refractivity contribution in [2.45, 2.75) is 19.8 Å². The normalized spacial score (nSPS) is 17.0. The zero-order chi connectivity index (χ0) is 18.7. The molecule has 0 spiro atoms. The van der Waals surface area contributed by atoms with Crippen molar-refractivity contribution < 1.29 is 9.72 Å². The lowest BCUT2D eigenvalue weighted by molar-refractivity contribution is -0.384. The average Bonchev–Trinajstić information content (AvgIpc) is 2.63. The summed E-state index contributed by atoms with van der Waals surface area (Å²) in [5, 5.41) is 14.8. The molecule has 1 heterocycles. The predicted molar refractivity (Wildman–Crippen MR) is 103 cm³/mol. The second kappa shape index (κ2) is 7.74. The minimum Gasteiger partial charge on any atom is -0.366 e. The number of nitrogens with zero attached hydrogens (tertiary/aromatic N) is 2. The number of piperidine rings is 1. The van der Waals surface area contributed by atoms with E-state index in [2.05, 4.69) is 12.2 Å². The highest BCUT2D eigenvalue weighted by molar-refractivity contribution is 6.30. The van der Waals surface area contributed by atoms with Gasteiger partial charge in [-0.05, 0) is 55.2 Å². The van der Waals surface area contributed by atoms with Gasteiger partial charge in [-0.3, -0.25) is 14.9 Å². The van der Waals surface area contributed by atoms with Gasteiger partial charge in [-0.25, -0.2) is 0 Å². The first-order valence-electron chi connectivity index (χ1n) is 8.54.